The summed E-state index contributed by atoms with van der Waals surface area (Å²) < 4.78 is 5.41. The highest BCUT2D eigenvalue weighted by molar-refractivity contribution is 5.48. The molecule has 0 aliphatic carbocycles. The molecule has 0 amide bonds. The molecule has 1 aromatic heterocycles. The summed E-state index contributed by atoms with van der Waals surface area (Å²) in [5, 5.41) is 3.40. The molecule has 0 spiro atoms. The predicted octanol–water partition coefficient (Wildman–Crippen LogP) is 3.30. The maximum Gasteiger partial charge on any atom is 0.128 e. The fraction of sp³-hybridized carbons (Fsp3) is 0.688. The van der Waals surface area contributed by atoms with Crippen LogP contribution < -0.4 is 10.2 Å². The summed E-state index contributed by atoms with van der Waals surface area (Å²) in [4.78, 5) is 6.95. The van der Waals surface area contributed by atoms with E-state index in [1.54, 1.807) is 7.11 Å². The van der Waals surface area contributed by atoms with E-state index in [-0.39, 0.29) is 5.60 Å². The van der Waals surface area contributed by atoms with Gasteiger partial charge in [-0.25, -0.2) is 4.98 Å². The second-order valence-electron chi connectivity index (χ2n) is 6.09. The number of aromatic nitrogens is 1. The van der Waals surface area contributed by atoms with Gasteiger partial charge in [0.2, 0.25) is 0 Å². The average molecular weight is 277 g/mol. The number of anilines is 2. The summed E-state index contributed by atoms with van der Waals surface area (Å²) in [5.41, 5.74) is 1.01. The highest BCUT2D eigenvalue weighted by atomic mass is 16.5. The molecule has 2 rings (SSSR count). The smallest absolute Gasteiger partial charge is 0.128 e. The Hall–Kier alpha value is -1.29. The van der Waals surface area contributed by atoms with Crippen LogP contribution in [0.2, 0.25) is 0 Å². The third kappa shape index (κ3) is 4.37. The van der Waals surface area contributed by atoms with Crippen LogP contribution in [0.3, 0.4) is 0 Å². The zero-order valence-corrected chi connectivity index (χ0v) is 13.0. The summed E-state index contributed by atoms with van der Waals surface area (Å²) in [6.45, 7) is 7.38. The first kappa shape index (κ1) is 15.1. The van der Waals surface area contributed by atoms with E-state index in [2.05, 4.69) is 41.2 Å². The molecule has 0 bridgehead atoms. The van der Waals surface area contributed by atoms with Crippen LogP contribution in [0.4, 0.5) is 11.5 Å². The fourth-order valence-corrected chi connectivity index (χ4v) is 2.41. The Morgan fingerprint density at radius 3 is 2.60 bits per heavy atom. The van der Waals surface area contributed by atoms with Crippen molar-refractivity contribution in [3.05, 3.63) is 18.3 Å². The summed E-state index contributed by atoms with van der Waals surface area (Å²) in [6.07, 6.45) is 6.83. The molecule has 0 atom stereocenters. The minimum absolute atomic E-state index is 0.0752. The topological polar surface area (TPSA) is 37.4 Å². The minimum Gasteiger partial charge on any atom is -0.384 e. The molecule has 0 radical (unpaired) electrons. The van der Waals surface area contributed by atoms with Gasteiger partial charge in [0.1, 0.15) is 5.82 Å². The molecule has 112 valence electrons. The van der Waals surface area contributed by atoms with Gasteiger partial charge in [0, 0.05) is 26.7 Å². The number of hydrogen-bond donors (Lipinski definition) is 1. The second kappa shape index (κ2) is 6.93. The number of ether oxygens (including phenoxy) is 1. The standard InChI is InChI=1S/C16H27N3O/c1-16(2,20-3)9-10-17-14-7-8-15(18-13-14)19-11-5-4-6-12-19/h7-8,13,17H,4-6,9-12H2,1-3H3. The Bertz CT molecular complexity index is 397. The van der Waals surface area contributed by atoms with Crippen LogP contribution in [0, 0.1) is 0 Å². The number of rotatable bonds is 6. The third-order valence-corrected chi connectivity index (χ3v) is 4.04. The van der Waals surface area contributed by atoms with Crippen molar-refractivity contribution in [3.8, 4) is 0 Å². The van der Waals surface area contributed by atoms with Crippen molar-refractivity contribution in [3.63, 3.8) is 0 Å². The highest BCUT2D eigenvalue weighted by Gasteiger charge is 2.15. The Balaban J connectivity index is 1.82. The lowest BCUT2D eigenvalue weighted by Crippen LogP contribution is -2.30. The van der Waals surface area contributed by atoms with Crippen LogP contribution in [-0.4, -0.2) is 37.3 Å². The zero-order valence-electron chi connectivity index (χ0n) is 13.0. The van der Waals surface area contributed by atoms with E-state index < -0.39 is 0 Å². The van der Waals surface area contributed by atoms with Crippen molar-refractivity contribution in [2.45, 2.75) is 45.1 Å². The van der Waals surface area contributed by atoms with E-state index in [0.717, 1.165) is 37.6 Å². The molecule has 0 saturated carbocycles. The van der Waals surface area contributed by atoms with Crippen LogP contribution in [0.25, 0.3) is 0 Å². The van der Waals surface area contributed by atoms with Crippen molar-refractivity contribution in [1.29, 1.82) is 0 Å². The van der Waals surface area contributed by atoms with E-state index in [1.165, 1.54) is 19.3 Å². The molecular formula is C16H27N3O. The molecule has 2 heterocycles. The first-order chi connectivity index (χ1) is 9.61. The van der Waals surface area contributed by atoms with Crippen LogP contribution in [0.15, 0.2) is 18.3 Å². The molecule has 0 aromatic carbocycles. The van der Waals surface area contributed by atoms with Gasteiger partial charge in [0.05, 0.1) is 17.5 Å². The van der Waals surface area contributed by atoms with Crippen molar-refractivity contribution in [2.24, 2.45) is 0 Å². The first-order valence-corrected chi connectivity index (χ1v) is 7.61. The molecule has 1 aliphatic heterocycles. The number of piperidine rings is 1. The molecule has 0 unspecified atom stereocenters. The molecule has 1 N–H and O–H groups in total. The number of nitrogens with one attached hydrogen (secondary N) is 1. The average Bonchev–Trinajstić information content (AvgIpc) is 2.49. The molecule has 1 aromatic rings. The Morgan fingerprint density at radius 1 is 1.25 bits per heavy atom. The van der Waals surface area contributed by atoms with E-state index in [0.29, 0.717) is 0 Å². The lowest BCUT2D eigenvalue weighted by atomic mass is 10.1. The second-order valence-corrected chi connectivity index (χ2v) is 6.09. The third-order valence-electron chi connectivity index (χ3n) is 4.04. The Kier molecular flexibility index (Phi) is 5.24. The van der Waals surface area contributed by atoms with E-state index >= 15 is 0 Å². The zero-order chi connectivity index (χ0) is 14.4. The minimum atomic E-state index is -0.0752. The molecule has 4 heteroatoms. The monoisotopic (exact) mass is 277 g/mol. The predicted molar refractivity (Wildman–Crippen MR) is 84.5 cm³/mol. The van der Waals surface area contributed by atoms with Gasteiger partial charge in [-0.1, -0.05) is 0 Å². The van der Waals surface area contributed by atoms with E-state index in [1.807, 2.05) is 6.20 Å². The molecule has 20 heavy (non-hydrogen) atoms. The van der Waals surface area contributed by atoms with Gasteiger partial charge >= 0.3 is 0 Å². The van der Waals surface area contributed by atoms with Crippen LogP contribution in [0.1, 0.15) is 39.5 Å². The van der Waals surface area contributed by atoms with Crippen LogP contribution >= 0.6 is 0 Å². The first-order valence-electron chi connectivity index (χ1n) is 7.61. The van der Waals surface area contributed by atoms with Gasteiger partial charge < -0.3 is 15.0 Å². The lowest BCUT2D eigenvalue weighted by molar-refractivity contribution is 0.0185. The highest BCUT2D eigenvalue weighted by Crippen LogP contribution is 2.19. The van der Waals surface area contributed by atoms with Gasteiger partial charge in [-0.05, 0) is 51.7 Å². The van der Waals surface area contributed by atoms with E-state index in [9.17, 15) is 0 Å². The maximum absolute atomic E-state index is 5.41. The van der Waals surface area contributed by atoms with Crippen molar-refractivity contribution in [2.75, 3.05) is 37.0 Å². The molecular weight excluding hydrogens is 250 g/mol. The van der Waals surface area contributed by atoms with Crippen molar-refractivity contribution in [1.82, 2.24) is 4.98 Å². The lowest BCUT2D eigenvalue weighted by Gasteiger charge is -2.27. The van der Waals surface area contributed by atoms with Crippen molar-refractivity contribution >= 4 is 11.5 Å². The van der Waals surface area contributed by atoms with Gasteiger partial charge in [0.15, 0.2) is 0 Å². The molecule has 1 saturated heterocycles. The van der Waals surface area contributed by atoms with Gasteiger partial charge in [-0.2, -0.15) is 0 Å². The fourth-order valence-electron chi connectivity index (χ4n) is 2.41. The van der Waals surface area contributed by atoms with Crippen LogP contribution in [0.5, 0.6) is 0 Å². The number of methoxy groups -OCH3 is 1. The SMILES string of the molecule is COC(C)(C)CCNc1ccc(N2CCCCC2)nc1. The van der Waals surface area contributed by atoms with Gasteiger partial charge in [-0.15, -0.1) is 0 Å². The molecule has 1 fully saturated rings. The van der Waals surface area contributed by atoms with E-state index in [4.69, 9.17) is 4.74 Å². The Morgan fingerprint density at radius 2 is 2.00 bits per heavy atom. The quantitative estimate of drug-likeness (QED) is 0.865. The summed E-state index contributed by atoms with van der Waals surface area (Å²) in [7, 11) is 1.76. The number of nitrogens with zero attached hydrogens (tertiary/aromatic N) is 2. The van der Waals surface area contributed by atoms with Gasteiger partial charge in [-0.3, -0.25) is 0 Å². The van der Waals surface area contributed by atoms with Crippen molar-refractivity contribution < 1.29 is 4.74 Å². The van der Waals surface area contributed by atoms with Gasteiger partial charge in [0.25, 0.3) is 0 Å². The Labute approximate surface area is 122 Å². The largest absolute Gasteiger partial charge is 0.384 e. The molecule has 1 aliphatic rings. The maximum atomic E-state index is 5.41. The van der Waals surface area contributed by atoms with Crippen LogP contribution in [-0.2, 0) is 4.74 Å². The number of hydrogen-bond acceptors (Lipinski definition) is 4. The summed E-state index contributed by atoms with van der Waals surface area (Å²) >= 11 is 0. The number of pyridine rings is 1. The summed E-state index contributed by atoms with van der Waals surface area (Å²) in [5.74, 6) is 1.10. The summed E-state index contributed by atoms with van der Waals surface area (Å²) in [6, 6.07) is 4.24. The normalized spacial score (nSPS) is 16.2. The molecule has 4 nitrogen and oxygen atoms in total.